The fourth-order valence-corrected chi connectivity index (χ4v) is 4.20. The van der Waals surface area contributed by atoms with Crippen molar-refractivity contribution in [1.29, 1.82) is 0 Å². The second kappa shape index (κ2) is 9.16. The molecule has 1 N–H and O–H groups in total. The molecule has 0 saturated heterocycles. The summed E-state index contributed by atoms with van der Waals surface area (Å²) in [6.45, 7) is 0.296. The van der Waals surface area contributed by atoms with Crippen molar-refractivity contribution in [3.8, 4) is 0 Å². The van der Waals surface area contributed by atoms with Crippen LogP contribution in [-0.4, -0.2) is 21.7 Å². The van der Waals surface area contributed by atoms with Crippen LogP contribution in [0, 0.1) is 5.82 Å². The molecule has 0 saturated carbocycles. The summed E-state index contributed by atoms with van der Waals surface area (Å²) in [7, 11) is 0. The molecule has 4 rings (SSSR count). The first-order valence-electron chi connectivity index (χ1n) is 9.67. The van der Waals surface area contributed by atoms with Crippen LogP contribution in [0.5, 0.6) is 0 Å². The van der Waals surface area contributed by atoms with Crippen molar-refractivity contribution < 1.29 is 14.0 Å². The molecule has 0 aliphatic carbocycles. The van der Waals surface area contributed by atoms with E-state index in [1.807, 2.05) is 6.07 Å². The Balaban J connectivity index is 1.52. The molecule has 31 heavy (non-hydrogen) atoms. The largest absolute Gasteiger partial charge is 0.327 e. The van der Waals surface area contributed by atoms with E-state index in [9.17, 15) is 14.0 Å². The zero-order valence-electron chi connectivity index (χ0n) is 16.3. The first kappa shape index (κ1) is 21.5. The predicted octanol–water partition coefficient (Wildman–Crippen LogP) is 5.75. The Kier molecular flexibility index (Phi) is 6.34. The maximum Gasteiger partial charge on any atom is 0.256 e. The smallest absolute Gasteiger partial charge is 0.256 e. The lowest BCUT2D eigenvalue weighted by Crippen LogP contribution is -2.28. The lowest BCUT2D eigenvalue weighted by Gasteiger charge is -2.25. The molecule has 1 unspecified atom stereocenters. The van der Waals surface area contributed by atoms with Gasteiger partial charge in [-0.3, -0.25) is 9.59 Å². The highest BCUT2D eigenvalue weighted by Crippen LogP contribution is 2.40. The summed E-state index contributed by atoms with van der Waals surface area (Å²) in [5.74, 6) is -0.260. The maximum absolute atomic E-state index is 13.3. The first-order valence-corrected chi connectivity index (χ1v) is 10.8. The number of pyridine rings is 1. The molecule has 158 valence electrons. The third-order valence-corrected chi connectivity index (χ3v) is 5.95. The summed E-state index contributed by atoms with van der Waals surface area (Å²) in [5.41, 5.74) is 2.06. The van der Waals surface area contributed by atoms with Gasteiger partial charge in [-0.05, 0) is 63.8 Å². The molecule has 2 amide bonds. The van der Waals surface area contributed by atoms with Crippen molar-refractivity contribution in [3.05, 3.63) is 92.8 Å². The molecule has 1 aliphatic rings. The van der Waals surface area contributed by atoms with Crippen LogP contribution in [0.4, 0.5) is 10.2 Å². The fourth-order valence-electron chi connectivity index (χ4n) is 3.70. The van der Waals surface area contributed by atoms with E-state index >= 15 is 0 Å². The number of nitrogens with zero attached hydrogens (tertiary/aromatic N) is 2. The standard InChI is InChI=1S/C23H18BrClFN3O2/c24-15-6-10-20(27-12-15)28-21(30)11-9-19-17-2-1-3-18(25)22(17)23(31)29(19)13-14-4-7-16(26)8-5-14/h1-8,10,12,19H,9,11,13H2,(H,27,28,30). The number of rotatable bonds is 6. The van der Waals surface area contributed by atoms with Gasteiger partial charge < -0.3 is 10.2 Å². The van der Waals surface area contributed by atoms with E-state index in [0.717, 1.165) is 15.6 Å². The van der Waals surface area contributed by atoms with Crippen molar-refractivity contribution in [2.75, 3.05) is 5.32 Å². The van der Waals surface area contributed by atoms with E-state index in [0.29, 0.717) is 29.4 Å². The molecule has 0 spiro atoms. The van der Waals surface area contributed by atoms with Gasteiger partial charge in [0, 0.05) is 23.6 Å². The maximum atomic E-state index is 13.3. The number of aromatic nitrogens is 1. The van der Waals surface area contributed by atoms with Gasteiger partial charge >= 0.3 is 0 Å². The van der Waals surface area contributed by atoms with Gasteiger partial charge in [-0.15, -0.1) is 0 Å². The first-order chi connectivity index (χ1) is 14.9. The highest BCUT2D eigenvalue weighted by atomic mass is 79.9. The molecule has 0 bridgehead atoms. The number of benzene rings is 2. The number of amides is 2. The molecule has 0 fully saturated rings. The second-order valence-corrected chi connectivity index (χ2v) is 8.55. The van der Waals surface area contributed by atoms with Gasteiger partial charge in [0.05, 0.1) is 16.6 Å². The minimum absolute atomic E-state index is 0.190. The van der Waals surface area contributed by atoms with Gasteiger partial charge in [0.25, 0.3) is 5.91 Å². The zero-order valence-corrected chi connectivity index (χ0v) is 18.7. The number of nitrogens with one attached hydrogen (secondary N) is 1. The van der Waals surface area contributed by atoms with Gasteiger partial charge in [-0.25, -0.2) is 9.37 Å². The minimum atomic E-state index is -0.336. The van der Waals surface area contributed by atoms with Gasteiger partial charge in [-0.1, -0.05) is 35.9 Å². The summed E-state index contributed by atoms with van der Waals surface area (Å²) >= 11 is 9.62. The molecule has 8 heteroatoms. The van der Waals surface area contributed by atoms with E-state index in [-0.39, 0.29) is 30.1 Å². The summed E-state index contributed by atoms with van der Waals surface area (Å²) in [6, 6.07) is 14.6. The normalized spacial score (nSPS) is 15.1. The highest BCUT2D eigenvalue weighted by Gasteiger charge is 2.38. The molecule has 3 aromatic rings. The molecule has 1 atom stereocenters. The molecule has 1 aliphatic heterocycles. The Morgan fingerprint density at radius 2 is 1.94 bits per heavy atom. The van der Waals surface area contributed by atoms with E-state index < -0.39 is 0 Å². The second-order valence-electron chi connectivity index (χ2n) is 7.23. The number of carbonyl (C=O) groups is 2. The van der Waals surface area contributed by atoms with Crippen LogP contribution in [0.25, 0.3) is 0 Å². The van der Waals surface area contributed by atoms with Crippen LogP contribution in [0.15, 0.2) is 65.3 Å². The van der Waals surface area contributed by atoms with Gasteiger partial charge in [0.1, 0.15) is 11.6 Å². The summed E-state index contributed by atoms with van der Waals surface area (Å²) in [5, 5.41) is 3.16. The van der Waals surface area contributed by atoms with Crippen molar-refractivity contribution >= 4 is 45.2 Å². The fraction of sp³-hybridized carbons (Fsp3) is 0.174. The number of anilines is 1. The topological polar surface area (TPSA) is 62.3 Å². The van der Waals surface area contributed by atoms with E-state index in [2.05, 4.69) is 26.2 Å². The van der Waals surface area contributed by atoms with Gasteiger partial charge in [0.2, 0.25) is 5.91 Å². The molecule has 1 aromatic heterocycles. The average Bonchev–Trinajstić information content (AvgIpc) is 3.02. The molecule has 0 radical (unpaired) electrons. The lowest BCUT2D eigenvalue weighted by molar-refractivity contribution is -0.116. The van der Waals surface area contributed by atoms with E-state index in [1.165, 1.54) is 12.1 Å². The molecule has 2 heterocycles. The SMILES string of the molecule is O=C(CCC1c2cccc(Cl)c2C(=O)N1Cc1ccc(F)cc1)Nc1ccc(Br)cn1. The Hall–Kier alpha value is -2.77. The third-order valence-electron chi connectivity index (χ3n) is 5.16. The average molecular weight is 503 g/mol. The predicted molar refractivity (Wildman–Crippen MR) is 120 cm³/mol. The summed E-state index contributed by atoms with van der Waals surface area (Å²) < 4.78 is 14.1. The van der Waals surface area contributed by atoms with E-state index in [4.69, 9.17) is 11.6 Å². The Labute approximate surface area is 192 Å². The number of hydrogen-bond acceptors (Lipinski definition) is 3. The minimum Gasteiger partial charge on any atom is -0.327 e. The van der Waals surface area contributed by atoms with Crippen LogP contribution < -0.4 is 5.32 Å². The van der Waals surface area contributed by atoms with Gasteiger partial charge in [0.15, 0.2) is 0 Å². The lowest BCUT2D eigenvalue weighted by atomic mass is 10.00. The molecule has 5 nitrogen and oxygen atoms in total. The van der Waals surface area contributed by atoms with Crippen LogP contribution >= 0.6 is 27.5 Å². The van der Waals surface area contributed by atoms with Crippen LogP contribution in [0.1, 0.15) is 40.4 Å². The Bertz CT molecular complexity index is 1120. The van der Waals surface area contributed by atoms with Crippen LogP contribution in [-0.2, 0) is 11.3 Å². The number of hydrogen-bond donors (Lipinski definition) is 1. The van der Waals surface area contributed by atoms with Crippen LogP contribution in [0.3, 0.4) is 0 Å². The summed E-state index contributed by atoms with van der Waals surface area (Å²) in [4.78, 5) is 31.4. The Morgan fingerprint density at radius 3 is 2.65 bits per heavy atom. The van der Waals surface area contributed by atoms with Crippen LogP contribution in [0.2, 0.25) is 5.02 Å². The molecular formula is C23H18BrClFN3O2. The van der Waals surface area contributed by atoms with Crippen molar-refractivity contribution in [2.24, 2.45) is 0 Å². The summed E-state index contributed by atoms with van der Waals surface area (Å²) in [6.07, 6.45) is 2.22. The monoisotopic (exact) mass is 501 g/mol. The molecular weight excluding hydrogens is 485 g/mol. The van der Waals surface area contributed by atoms with Gasteiger partial charge in [-0.2, -0.15) is 0 Å². The van der Waals surface area contributed by atoms with E-state index in [1.54, 1.807) is 47.5 Å². The number of halogens is 3. The van der Waals surface area contributed by atoms with Crippen molar-refractivity contribution in [1.82, 2.24) is 9.88 Å². The van der Waals surface area contributed by atoms with Crippen molar-refractivity contribution in [2.45, 2.75) is 25.4 Å². The Morgan fingerprint density at radius 1 is 1.16 bits per heavy atom. The third kappa shape index (κ3) is 4.78. The number of carbonyl (C=O) groups excluding carboxylic acids is 2. The quantitative estimate of drug-likeness (QED) is 0.467. The highest BCUT2D eigenvalue weighted by molar-refractivity contribution is 9.10. The number of fused-ring (bicyclic) bond motifs is 1. The van der Waals surface area contributed by atoms with Crippen molar-refractivity contribution in [3.63, 3.8) is 0 Å². The molecule has 2 aromatic carbocycles. The zero-order chi connectivity index (χ0) is 22.0.